The molecule has 0 fully saturated rings. The minimum Gasteiger partial charge on any atom is -0.478 e. The number of benzene rings is 1. The maximum Gasteiger partial charge on any atom is 0.335 e. The van der Waals surface area contributed by atoms with Crippen LogP contribution in [-0.2, 0) is 16.6 Å². The molecule has 0 saturated carbocycles. The standard InChI is InChI=1S/C12H10BrNO4S2/c13-10-4-3-8(12(15)16)6-11(10)20(17,18)14-7-9-2-1-5-19-9/h1-6,14H,7H2,(H,15,16). The largest absolute Gasteiger partial charge is 0.478 e. The number of hydrogen-bond acceptors (Lipinski definition) is 4. The van der Waals surface area contributed by atoms with Crippen LogP contribution in [0.15, 0.2) is 45.1 Å². The van der Waals surface area contributed by atoms with Crippen LogP contribution in [0.3, 0.4) is 0 Å². The monoisotopic (exact) mass is 375 g/mol. The van der Waals surface area contributed by atoms with Gasteiger partial charge in [-0.05, 0) is 45.6 Å². The zero-order valence-corrected chi connectivity index (χ0v) is 13.3. The van der Waals surface area contributed by atoms with E-state index in [1.807, 2.05) is 17.5 Å². The van der Waals surface area contributed by atoms with Gasteiger partial charge in [0.2, 0.25) is 10.0 Å². The Kier molecular flexibility index (Phi) is 4.59. The van der Waals surface area contributed by atoms with E-state index in [1.165, 1.54) is 23.5 Å². The highest BCUT2D eigenvalue weighted by Gasteiger charge is 2.19. The molecule has 20 heavy (non-hydrogen) atoms. The molecule has 0 saturated heterocycles. The Hall–Kier alpha value is -1.22. The molecule has 0 radical (unpaired) electrons. The molecular weight excluding hydrogens is 366 g/mol. The molecule has 8 heteroatoms. The summed E-state index contributed by atoms with van der Waals surface area (Å²) in [5.74, 6) is -1.17. The summed E-state index contributed by atoms with van der Waals surface area (Å²) in [5.41, 5.74) is -0.0790. The minimum atomic E-state index is -3.78. The Morgan fingerprint density at radius 3 is 2.70 bits per heavy atom. The lowest BCUT2D eigenvalue weighted by molar-refractivity contribution is 0.0696. The average molecular weight is 376 g/mol. The summed E-state index contributed by atoms with van der Waals surface area (Å²) in [6.45, 7) is 0.170. The van der Waals surface area contributed by atoms with Crippen molar-refractivity contribution in [3.8, 4) is 0 Å². The summed E-state index contributed by atoms with van der Waals surface area (Å²) in [5, 5.41) is 10.8. The number of halogens is 1. The van der Waals surface area contributed by atoms with Crippen LogP contribution in [-0.4, -0.2) is 19.5 Å². The molecule has 2 N–H and O–H groups in total. The number of sulfonamides is 1. The number of rotatable bonds is 5. The van der Waals surface area contributed by atoms with E-state index in [0.29, 0.717) is 4.47 Å². The maximum atomic E-state index is 12.2. The normalized spacial score (nSPS) is 11.4. The molecule has 0 atom stereocenters. The molecule has 0 amide bonds. The first-order valence-electron chi connectivity index (χ1n) is 5.45. The molecular formula is C12H10BrNO4S2. The van der Waals surface area contributed by atoms with E-state index in [4.69, 9.17) is 5.11 Å². The highest BCUT2D eigenvalue weighted by Crippen LogP contribution is 2.23. The van der Waals surface area contributed by atoms with E-state index in [-0.39, 0.29) is 17.0 Å². The van der Waals surface area contributed by atoms with Gasteiger partial charge < -0.3 is 5.11 Å². The van der Waals surface area contributed by atoms with Gasteiger partial charge in [-0.2, -0.15) is 0 Å². The van der Waals surface area contributed by atoms with E-state index in [1.54, 1.807) is 0 Å². The molecule has 2 aromatic rings. The van der Waals surface area contributed by atoms with E-state index in [9.17, 15) is 13.2 Å². The van der Waals surface area contributed by atoms with Crippen LogP contribution in [0.4, 0.5) is 0 Å². The molecule has 2 rings (SSSR count). The van der Waals surface area contributed by atoms with Crippen molar-refractivity contribution in [2.24, 2.45) is 0 Å². The van der Waals surface area contributed by atoms with Gasteiger partial charge >= 0.3 is 5.97 Å². The van der Waals surface area contributed by atoms with E-state index in [2.05, 4.69) is 20.7 Å². The third-order valence-electron chi connectivity index (χ3n) is 2.48. The first-order valence-corrected chi connectivity index (χ1v) is 8.60. The van der Waals surface area contributed by atoms with Crippen molar-refractivity contribution in [2.45, 2.75) is 11.4 Å². The number of carboxylic acids is 1. The topological polar surface area (TPSA) is 83.5 Å². The van der Waals surface area contributed by atoms with Gasteiger partial charge in [0, 0.05) is 15.9 Å². The van der Waals surface area contributed by atoms with Crippen LogP contribution >= 0.6 is 27.3 Å². The van der Waals surface area contributed by atoms with Gasteiger partial charge in [-0.1, -0.05) is 6.07 Å². The van der Waals surface area contributed by atoms with Crippen LogP contribution < -0.4 is 4.72 Å². The number of carboxylic acid groups (broad SMARTS) is 1. The van der Waals surface area contributed by atoms with Gasteiger partial charge in [0.1, 0.15) is 0 Å². The van der Waals surface area contributed by atoms with Gasteiger partial charge in [-0.3, -0.25) is 0 Å². The predicted molar refractivity (Wildman–Crippen MR) is 79.4 cm³/mol. The van der Waals surface area contributed by atoms with Crippen molar-refractivity contribution in [1.29, 1.82) is 0 Å². The summed E-state index contributed by atoms with van der Waals surface area (Å²) in [4.78, 5) is 11.7. The van der Waals surface area contributed by atoms with Crippen molar-refractivity contribution < 1.29 is 18.3 Å². The minimum absolute atomic E-state index is 0.0790. The van der Waals surface area contributed by atoms with Crippen molar-refractivity contribution >= 4 is 43.3 Å². The first-order chi connectivity index (χ1) is 9.40. The zero-order chi connectivity index (χ0) is 14.8. The molecule has 1 heterocycles. The molecule has 0 bridgehead atoms. The molecule has 0 aliphatic rings. The lowest BCUT2D eigenvalue weighted by Gasteiger charge is -2.08. The number of nitrogens with one attached hydrogen (secondary N) is 1. The summed E-state index contributed by atoms with van der Waals surface area (Å²) >= 11 is 4.56. The highest BCUT2D eigenvalue weighted by atomic mass is 79.9. The smallest absolute Gasteiger partial charge is 0.335 e. The average Bonchev–Trinajstić information content (AvgIpc) is 2.89. The fourth-order valence-electron chi connectivity index (χ4n) is 1.50. The van der Waals surface area contributed by atoms with Gasteiger partial charge in [0.25, 0.3) is 0 Å². The molecule has 1 aromatic heterocycles. The summed E-state index contributed by atoms with van der Waals surface area (Å²) < 4.78 is 27.2. The van der Waals surface area contributed by atoms with Gasteiger partial charge in [-0.15, -0.1) is 11.3 Å². The first kappa shape index (κ1) is 15.2. The maximum absolute atomic E-state index is 12.2. The number of carbonyl (C=O) groups is 1. The van der Waals surface area contributed by atoms with Gasteiger partial charge in [0.15, 0.2) is 0 Å². The predicted octanol–water partition coefficient (Wildman–Crippen LogP) is 2.69. The second-order valence-electron chi connectivity index (χ2n) is 3.85. The molecule has 5 nitrogen and oxygen atoms in total. The van der Waals surface area contributed by atoms with Crippen molar-refractivity contribution in [3.63, 3.8) is 0 Å². The van der Waals surface area contributed by atoms with Gasteiger partial charge in [0.05, 0.1) is 10.5 Å². The summed E-state index contributed by atoms with van der Waals surface area (Å²) in [6.07, 6.45) is 0. The third kappa shape index (κ3) is 3.45. The molecule has 1 aromatic carbocycles. The highest BCUT2D eigenvalue weighted by molar-refractivity contribution is 9.10. The fraction of sp³-hybridized carbons (Fsp3) is 0.0833. The van der Waals surface area contributed by atoms with Gasteiger partial charge in [-0.25, -0.2) is 17.9 Å². The molecule has 106 valence electrons. The zero-order valence-electron chi connectivity index (χ0n) is 10.0. The van der Waals surface area contributed by atoms with E-state index < -0.39 is 16.0 Å². The Balaban J connectivity index is 2.28. The van der Waals surface area contributed by atoms with Crippen molar-refractivity contribution in [3.05, 3.63) is 50.6 Å². The second kappa shape index (κ2) is 6.04. The Morgan fingerprint density at radius 1 is 1.35 bits per heavy atom. The van der Waals surface area contributed by atoms with Crippen LogP contribution in [0.25, 0.3) is 0 Å². The molecule has 0 spiro atoms. The van der Waals surface area contributed by atoms with E-state index in [0.717, 1.165) is 10.9 Å². The lowest BCUT2D eigenvalue weighted by atomic mass is 10.2. The van der Waals surface area contributed by atoms with Crippen LogP contribution in [0.5, 0.6) is 0 Å². The summed E-state index contributed by atoms with van der Waals surface area (Å²) in [6, 6.07) is 7.52. The summed E-state index contributed by atoms with van der Waals surface area (Å²) in [7, 11) is -3.78. The van der Waals surface area contributed by atoms with Crippen molar-refractivity contribution in [1.82, 2.24) is 4.72 Å². The molecule has 0 aliphatic carbocycles. The Morgan fingerprint density at radius 2 is 2.10 bits per heavy atom. The van der Waals surface area contributed by atoms with E-state index >= 15 is 0 Å². The molecule has 0 aliphatic heterocycles. The Labute approximate surface area is 128 Å². The van der Waals surface area contributed by atoms with Crippen LogP contribution in [0.1, 0.15) is 15.2 Å². The fourth-order valence-corrected chi connectivity index (χ4v) is 4.23. The quantitative estimate of drug-likeness (QED) is 0.841. The van der Waals surface area contributed by atoms with Crippen LogP contribution in [0, 0.1) is 0 Å². The SMILES string of the molecule is O=C(O)c1ccc(Br)c(S(=O)(=O)NCc2cccs2)c1. The third-order valence-corrected chi connectivity index (χ3v) is 5.76. The Bertz CT molecular complexity index is 726. The second-order valence-corrected chi connectivity index (χ2v) is 7.48. The van der Waals surface area contributed by atoms with Crippen molar-refractivity contribution in [2.75, 3.05) is 0 Å². The molecule has 0 unspecified atom stereocenters. The number of aromatic carboxylic acids is 1. The number of hydrogen-bond donors (Lipinski definition) is 2. The van der Waals surface area contributed by atoms with Crippen LogP contribution in [0.2, 0.25) is 0 Å². The lowest BCUT2D eigenvalue weighted by Crippen LogP contribution is -2.23. The number of thiophene rings is 1.